The summed E-state index contributed by atoms with van der Waals surface area (Å²) in [5.41, 5.74) is 0.140. The van der Waals surface area contributed by atoms with Crippen LogP contribution in [0.15, 0.2) is 22.6 Å². The van der Waals surface area contributed by atoms with E-state index in [0.717, 1.165) is 12.1 Å². The van der Waals surface area contributed by atoms with Gasteiger partial charge in [-0.05, 0) is 18.2 Å². The van der Waals surface area contributed by atoms with Crippen LogP contribution in [0.5, 0.6) is 5.75 Å². The predicted molar refractivity (Wildman–Crippen MR) is 44.8 cm³/mol. The second-order valence-electron chi connectivity index (χ2n) is 2.73. The Labute approximate surface area is 77.2 Å². The van der Waals surface area contributed by atoms with Gasteiger partial charge in [0.05, 0.1) is 5.39 Å². The van der Waals surface area contributed by atoms with E-state index >= 15 is 0 Å². The van der Waals surface area contributed by atoms with Crippen LogP contribution in [0.25, 0.3) is 11.0 Å². The number of hydrogen-bond acceptors (Lipinski definition) is 3. The Balaban J connectivity index is 2.80. The minimum atomic E-state index is -1.39. The third-order valence-electron chi connectivity index (χ3n) is 1.82. The molecule has 0 spiro atoms. The molecule has 72 valence electrons. The maximum absolute atomic E-state index is 12.7. The van der Waals surface area contributed by atoms with Crippen molar-refractivity contribution in [2.24, 2.45) is 0 Å². The number of benzene rings is 1. The SMILES string of the molecule is O=C(O)c1oc2ccc(F)cc2c1O. The highest BCUT2D eigenvalue weighted by Gasteiger charge is 2.19. The van der Waals surface area contributed by atoms with E-state index in [4.69, 9.17) is 9.52 Å². The lowest BCUT2D eigenvalue weighted by Gasteiger charge is -1.88. The summed E-state index contributed by atoms with van der Waals surface area (Å²) < 4.78 is 17.5. The van der Waals surface area contributed by atoms with Crippen molar-refractivity contribution in [3.05, 3.63) is 29.8 Å². The lowest BCUT2D eigenvalue weighted by molar-refractivity contribution is 0.0660. The Kier molecular flexibility index (Phi) is 1.67. The van der Waals surface area contributed by atoms with Gasteiger partial charge in [-0.2, -0.15) is 0 Å². The minimum absolute atomic E-state index is 0.0578. The zero-order valence-electron chi connectivity index (χ0n) is 6.82. The molecule has 0 unspecified atom stereocenters. The highest BCUT2D eigenvalue weighted by atomic mass is 19.1. The fourth-order valence-corrected chi connectivity index (χ4v) is 1.20. The second kappa shape index (κ2) is 2.73. The molecule has 2 N–H and O–H groups in total. The molecule has 1 heterocycles. The Morgan fingerprint density at radius 3 is 2.79 bits per heavy atom. The van der Waals surface area contributed by atoms with Gasteiger partial charge in [0.1, 0.15) is 11.4 Å². The fraction of sp³-hybridized carbons (Fsp3) is 0. The number of carbonyl (C=O) groups is 1. The van der Waals surface area contributed by atoms with Crippen LogP contribution in [0.3, 0.4) is 0 Å². The summed E-state index contributed by atoms with van der Waals surface area (Å²) in [7, 11) is 0. The number of furan rings is 1. The number of rotatable bonds is 1. The molecule has 0 bridgehead atoms. The average molecular weight is 196 g/mol. The molecular formula is C9H5FO4. The van der Waals surface area contributed by atoms with Crippen LogP contribution in [-0.4, -0.2) is 16.2 Å². The highest BCUT2D eigenvalue weighted by Crippen LogP contribution is 2.32. The molecule has 0 aliphatic carbocycles. The first-order valence-electron chi connectivity index (χ1n) is 3.74. The molecule has 0 amide bonds. The molecule has 0 saturated heterocycles. The quantitative estimate of drug-likeness (QED) is 0.731. The normalized spacial score (nSPS) is 10.6. The monoisotopic (exact) mass is 196 g/mol. The van der Waals surface area contributed by atoms with Crippen molar-refractivity contribution < 1.29 is 23.8 Å². The zero-order chi connectivity index (χ0) is 10.3. The van der Waals surface area contributed by atoms with Crippen molar-refractivity contribution in [2.45, 2.75) is 0 Å². The van der Waals surface area contributed by atoms with Crippen LogP contribution in [0, 0.1) is 5.82 Å². The molecule has 0 fully saturated rings. The highest BCUT2D eigenvalue weighted by molar-refractivity contribution is 5.97. The van der Waals surface area contributed by atoms with Crippen LogP contribution in [0.2, 0.25) is 0 Å². The van der Waals surface area contributed by atoms with Crippen LogP contribution < -0.4 is 0 Å². The number of halogens is 1. The summed E-state index contributed by atoms with van der Waals surface area (Å²) in [6.07, 6.45) is 0. The summed E-state index contributed by atoms with van der Waals surface area (Å²) in [5.74, 6) is -3.08. The van der Waals surface area contributed by atoms with Crippen molar-refractivity contribution in [3.8, 4) is 5.75 Å². The van der Waals surface area contributed by atoms with Gasteiger partial charge in [0.15, 0.2) is 5.75 Å². The second-order valence-corrected chi connectivity index (χ2v) is 2.73. The molecule has 14 heavy (non-hydrogen) atoms. The van der Waals surface area contributed by atoms with Crippen molar-refractivity contribution in [2.75, 3.05) is 0 Å². The number of aromatic hydroxyl groups is 1. The third kappa shape index (κ3) is 1.10. The molecule has 0 saturated carbocycles. The van der Waals surface area contributed by atoms with Crippen LogP contribution >= 0.6 is 0 Å². The first-order valence-corrected chi connectivity index (χ1v) is 3.74. The van der Waals surface area contributed by atoms with E-state index in [1.54, 1.807) is 0 Å². The molecule has 2 rings (SSSR count). The Morgan fingerprint density at radius 2 is 2.14 bits per heavy atom. The van der Waals surface area contributed by atoms with E-state index in [-0.39, 0.29) is 11.0 Å². The molecule has 5 heteroatoms. The average Bonchev–Trinajstić information content (AvgIpc) is 2.44. The van der Waals surface area contributed by atoms with Crippen LogP contribution in [0.1, 0.15) is 10.6 Å². The minimum Gasteiger partial charge on any atom is -0.504 e. The third-order valence-corrected chi connectivity index (χ3v) is 1.82. The fourth-order valence-electron chi connectivity index (χ4n) is 1.20. The van der Waals surface area contributed by atoms with Crippen molar-refractivity contribution in [1.82, 2.24) is 0 Å². The van der Waals surface area contributed by atoms with E-state index in [1.807, 2.05) is 0 Å². The van der Waals surface area contributed by atoms with Gasteiger partial charge in [-0.15, -0.1) is 0 Å². The smallest absolute Gasteiger partial charge is 0.375 e. The molecule has 1 aromatic carbocycles. The molecule has 0 aliphatic rings. The lowest BCUT2D eigenvalue weighted by atomic mass is 10.2. The van der Waals surface area contributed by atoms with Crippen molar-refractivity contribution >= 4 is 16.9 Å². The van der Waals surface area contributed by atoms with Crippen molar-refractivity contribution in [1.29, 1.82) is 0 Å². The Bertz CT molecular complexity index is 515. The first kappa shape index (κ1) is 8.55. The molecule has 0 aliphatic heterocycles. The lowest BCUT2D eigenvalue weighted by Crippen LogP contribution is -1.92. The van der Waals surface area contributed by atoms with E-state index < -0.39 is 23.3 Å². The van der Waals surface area contributed by atoms with Gasteiger partial charge in [-0.1, -0.05) is 0 Å². The Morgan fingerprint density at radius 1 is 1.43 bits per heavy atom. The molecule has 2 aromatic rings. The summed E-state index contributed by atoms with van der Waals surface area (Å²) >= 11 is 0. The Hall–Kier alpha value is -2.04. The molecule has 0 radical (unpaired) electrons. The standard InChI is InChI=1S/C9H5FO4/c10-4-1-2-6-5(3-4)7(11)8(14-6)9(12)13/h1-3,11H,(H,12,13). The topological polar surface area (TPSA) is 70.7 Å². The molecule has 0 atom stereocenters. The van der Waals surface area contributed by atoms with Gasteiger partial charge in [0.2, 0.25) is 0 Å². The molecular weight excluding hydrogens is 191 g/mol. The zero-order valence-corrected chi connectivity index (χ0v) is 6.82. The van der Waals surface area contributed by atoms with Crippen molar-refractivity contribution in [3.63, 3.8) is 0 Å². The summed E-state index contributed by atoms with van der Waals surface area (Å²) in [5, 5.41) is 18.0. The number of carboxylic acid groups (broad SMARTS) is 1. The van der Waals surface area contributed by atoms with Gasteiger partial charge < -0.3 is 14.6 Å². The number of fused-ring (bicyclic) bond motifs is 1. The van der Waals surface area contributed by atoms with Gasteiger partial charge in [0.25, 0.3) is 5.76 Å². The van der Waals surface area contributed by atoms with Crippen LogP contribution in [-0.2, 0) is 0 Å². The number of aromatic carboxylic acids is 1. The maximum atomic E-state index is 12.7. The van der Waals surface area contributed by atoms with Crippen LogP contribution in [0.4, 0.5) is 4.39 Å². The van der Waals surface area contributed by atoms with Gasteiger partial charge >= 0.3 is 5.97 Å². The van der Waals surface area contributed by atoms with E-state index in [2.05, 4.69) is 0 Å². The largest absolute Gasteiger partial charge is 0.504 e. The van der Waals surface area contributed by atoms with E-state index in [1.165, 1.54) is 6.07 Å². The van der Waals surface area contributed by atoms with Gasteiger partial charge in [-0.3, -0.25) is 0 Å². The summed E-state index contributed by atoms with van der Waals surface area (Å²) in [6.45, 7) is 0. The predicted octanol–water partition coefficient (Wildman–Crippen LogP) is 1.98. The summed E-state index contributed by atoms with van der Waals surface area (Å²) in [6, 6.07) is 3.40. The number of carboxylic acids is 1. The summed E-state index contributed by atoms with van der Waals surface area (Å²) in [4.78, 5) is 10.5. The maximum Gasteiger partial charge on any atom is 0.375 e. The van der Waals surface area contributed by atoms with Gasteiger partial charge in [-0.25, -0.2) is 9.18 Å². The van der Waals surface area contributed by atoms with E-state index in [0.29, 0.717) is 0 Å². The van der Waals surface area contributed by atoms with E-state index in [9.17, 15) is 14.3 Å². The van der Waals surface area contributed by atoms with Gasteiger partial charge in [0, 0.05) is 0 Å². The first-order chi connectivity index (χ1) is 6.59. The molecule has 1 aromatic heterocycles. The number of hydrogen-bond donors (Lipinski definition) is 2. The molecule has 4 nitrogen and oxygen atoms in total.